The minimum atomic E-state index is -3.57. The highest BCUT2D eigenvalue weighted by Crippen LogP contribution is 2.35. The zero-order valence-electron chi connectivity index (χ0n) is 19.1. The minimum Gasteiger partial charge on any atom is -0.494 e. The van der Waals surface area contributed by atoms with Crippen molar-refractivity contribution in [3.8, 4) is 5.75 Å². The van der Waals surface area contributed by atoms with Crippen LogP contribution in [0.25, 0.3) is 10.2 Å². The first-order chi connectivity index (χ1) is 16.4. The number of fused-ring (bicyclic) bond motifs is 1. The second-order valence-corrected chi connectivity index (χ2v) is 11.6. The Bertz CT molecular complexity index is 1300. The quantitative estimate of drug-likeness (QED) is 0.465. The highest BCUT2D eigenvalue weighted by atomic mass is 32.2. The van der Waals surface area contributed by atoms with Crippen molar-refractivity contribution in [1.82, 2.24) is 9.29 Å². The molecule has 1 saturated carbocycles. The number of amides is 1. The van der Waals surface area contributed by atoms with Crippen LogP contribution in [0, 0.1) is 0 Å². The van der Waals surface area contributed by atoms with Gasteiger partial charge < -0.3 is 9.47 Å². The first-order valence-electron chi connectivity index (χ1n) is 11.3. The molecule has 0 radical (unpaired) electrons. The lowest BCUT2D eigenvalue weighted by atomic mass is 10.2. The summed E-state index contributed by atoms with van der Waals surface area (Å²) in [6.45, 7) is 1.06. The van der Waals surface area contributed by atoms with Gasteiger partial charge in [-0.2, -0.15) is 4.31 Å². The van der Waals surface area contributed by atoms with Crippen molar-refractivity contribution in [3.63, 3.8) is 0 Å². The van der Waals surface area contributed by atoms with Crippen molar-refractivity contribution in [2.45, 2.75) is 42.7 Å². The van der Waals surface area contributed by atoms with Gasteiger partial charge >= 0.3 is 0 Å². The maximum Gasteiger partial charge on any atom is 0.260 e. The molecule has 8 nitrogen and oxygen atoms in total. The Balaban J connectivity index is 1.46. The Kier molecular flexibility index (Phi) is 6.32. The van der Waals surface area contributed by atoms with Gasteiger partial charge in [-0.05, 0) is 62.1 Å². The third-order valence-electron chi connectivity index (χ3n) is 6.32. The molecule has 2 heterocycles. The Morgan fingerprint density at radius 1 is 1.18 bits per heavy atom. The van der Waals surface area contributed by atoms with Gasteiger partial charge in [0.1, 0.15) is 11.3 Å². The number of ether oxygens (including phenoxy) is 2. The maximum absolute atomic E-state index is 13.6. The fourth-order valence-corrected chi connectivity index (χ4v) is 6.56. The van der Waals surface area contributed by atoms with Gasteiger partial charge in [-0.1, -0.05) is 17.4 Å². The Morgan fingerprint density at radius 3 is 2.59 bits per heavy atom. The van der Waals surface area contributed by atoms with Crippen LogP contribution in [0.4, 0.5) is 5.13 Å². The number of anilines is 1. The van der Waals surface area contributed by atoms with E-state index in [1.54, 1.807) is 31.2 Å². The summed E-state index contributed by atoms with van der Waals surface area (Å²) in [5, 5.41) is 0.560. The zero-order chi connectivity index (χ0) is 23.9. The van der Waals surface area contributed by atoms with Crippen LogP contribution in [0.15, 0.2) is 47.4 Å². The van der Waals surface area contributed by atoms with E-state index in [4.69, 9.17) is 14.5 Å². The van der Waals surface area contributed by atoms with Gasteiger partial charge in [0.15, 0.2) is 5.13 Å². The van der Waals surface area contributed by atoms with E-state index in [0.717, 1.165) is 30.4 Å². The third-order valence-corrected chi connectivity index (χ3v) is 9.28. The average molecular weight is 502 g/mol. The van der Waals surface area contributed by atoms with Crippen molar-refractivity contribution in [3.05, 3.63) is 48.0 Å². The van der Waals surface area contributed by atoms with Crippen LogP contribution in [-0.2, 0) is 14.8 Å². The molecule has 180 valence electrons. The molecular weight excluding hydrogens is 474 g/mol. The van der Waals surface area contributed by atoms with Gasteiger partial charge in [-0.3, -0.25) is 9.69 Å². The molecule has 1 aromatic heterocycles. The van der Waals surface area contributed by atoms with Gasteiger partial charge in [-0.15, -0.1) is 0 Å². The van der Waals surface area contributed by atoms with Crippen molar-refractivity contribution in [2.24, 2.45) is 0 Å². The molecule has 2 aliphatic rings. The van der Waals surface area contributed by atoms with Crippen LogP contribution in [-0.4, -0.2) is 63.1 Å². The van der Waals surface area contributed by atoms with E-state index >= 15 is 0 Å². The number of benzene rings is 2. The van der Waals surface area contributed by atoms with Gasteiger partial charge in [0, 0.05) is 25.3 Å². The minimum absolute atomic E-state index is 0.0651. The van der Waals surface area contributed by atoms with Gasteiger partial charge in [0.2, 0.25) is 10.0 Å². The number of sulfonamides is 1. The molecule has 34 heavy (non-hydrogen) atoms. The summed E-state index contributed by atoms with van der Waals surface area (Å²) in [5.74, 6) is 0.409. The molecule has 10 heteroatoms. The average Bonchev–Trinajstić information content (AvgIpc) is 3.39. The summed E-state index contributed by atoms with van der Waals surface area (Å²) in [4.78, 5) is 20.2. The summed E-state index contributed by atoms with van der Waals surface area (Å²) in [5.41, 5.74) is 1.11. The number of hydrogen-bond donors (Lipinski definition) is 0. The second-order valence-electron chi connectivity index (χ2n) is 8.63. The predicted octanol–water partition coefficient (Wildman–Crippen LogP) is 3.91. The number of hydrogen-bond acceptors (Lipinski definition) is 7. The third kappa shape index (κ3) is 4.43. The predicted molar refractivity (Wildman–Crippen MR) is 131 cm³/mol. The smallest absolute Gasteiger partial charge is 0.260 e. The fraction of sp³-hybridized carbons (Fsp3) is 0.417. The molecule has 1 aliphatic carbocycles. The normalized spacial score (nSPS) is 18.5. The summed E-state index contributed by atoms with van der Waals surface area (Å²) in [6.07, 6.45) is 3.55. The fourth-order valence-electron chi connectivity index (χ4n) is 4.16. The lowest BCUT2D eigenvalue weighted by Gasteiger charge is -2.23. The van der Waals surface area contributed by atoms with Gasteiger partial charge in [0.25, 0.3) is 5.91 Å². The number of nitrogens with zero attached hydrogens (tertiary/aromatic N) is 3. The Morgan fingerprint density at radius 2 is 1.94 bits per heavy atom. The highest BCUT2D eigenvalue weighted by Gasteiger charge is 2.35. The van der Waals surface area contributed by atoms with E-state index in [-0.39, 0.29) is 22.9 Å². The summed E-state index contributed by atoms with van der Waals surface area (Å²) >= 11 is 1.42. The van der Waals surface area contributed by atoms with Gasteiger partial charge in [-0.25, -0.2) is 13.4 Å². The summed E-state index contributed by atoms with van der Waals surface area (Å²) in [6, 6.07) is 11.9. The lowest BCUT2D eigenvalue weighted by molar-refractivity contribution is 0.0917. The van der Waals surface area contributed by atoms with Gasteiger partial charge in [0.05, 0.1) is 29.4 Å². The molecule has 2 aromatic carbocycles. The van der Waals surface area contributed by atoms with Crippen LogP contribution in [0.2, 0.25) is 0 Å². The maximum atomic E-state index is 13.6. The summed E-state index contributed by atoms with van der Waals surface area (Å²) < 4.78 is 39.2. The highest BCUT2D eigenvalue weighted by molar-refractivity contribution is 7.89. The van der Waals surface area contributed by atoms with Crippen molar-refractivity contribution in [1.29, 1.82) is 0 Å². The van der Waals surface area contributed by atoms with E-state index in [9.17, 15) is 13.2 Å². The van der Waals surface area contributed by atoms with Crippen molar-refractivity contribution >= 4 is 42.6 Å². The SMILES string of the molecule is COc1cccc2sc(N(CC3CCCO3)C(=O)c3ccc(S(=O)(=O)N(C)C4CC4)cc3)nc12. The monoisotopic (exact) mass is 501 g/mol. The molecule has 5 rings (SSSR count). The lowest BCUT2D eigenvalue weighted by Crippen LogP contribution is -2.37. The first kappa shape index (κ1) is 23.2. The van der Waals surface area contributed by atoms with E-state index in [2.05, 4.69) is 0 Å². The number of aromatic nitrogens is 1. The zero-order valence-corrected chi connectivity index (χ0v) is 20.8. The Labute approximate surface area is 203 Å². The number of methoxy groups -OCH3 is 1. The molecule has 1 amide bonds. The van der Waals surface area contributed by atoms with Crippen molar-refractivity contribution in [2.75, 3.05) is 32.2 Å². The Hall–Kier alpha value is -2.53. The van der Waals surface area contributed by atoms with E-state index < -0.39 is 10.0 Å². The molecular formula is C24H27N3O5S2. The van der Waals surface area contributed by atoms with E-state index in [1.807, 2.05) is 18.2 Å². The molecule has 1 aliphatic heterocycles. The largest absolute Gasteiger partial charge is 0.494 e. The standard InChI is InChI=1S/C24H27N3O5S2/c1-26(17-10-11-17)34(29,30)19-12-8-16(9-13-19)23(28)27(15-18-5-4-14-32-18)24-25-22-20(31-2)6-3-7-21(22)33-24/h3,6-9,12-13,17-18H,4-5,10-11,14-15H2,1-2H3. The van der Waals surface area contributed by atoms with Crippen LogP contribution in [0.1, 0.15) is 36.0 Å². The van der Waals surface area contributed by atoms with Crippen LogP contribution in [0.3, 0.4) is 0 Å². The topological polar surface area (TPSA) is 89.0 Å². The van der Waals surface area contributed by atoms with Crippen molar-refractivity contribution < 1.29 is 22.7 Å². The first-order valence-corrected chi connectivity index (χ1v) is 13.6. The van der Waals surface area contributed by atoms with E-state index in [1.165, 1.54) is 27.8 Å². The molecule has 0 bridgehead atoms. The number of carbonyl (C=O) groups excluding carboxylic acids is 1. The number of para-hydroxylation sites is 1. The molecule has 3 aromatic rings. The van der Waals surface area contributed by atoms with Crippen LogP contribution < -0.4 is 9.64 Å². The second kappa shape index (κ2) is 9.26. The van der Waals surface area contributed by atoms with E-state index in [0.29, 0.717) is 35.1 Å². The molecule has 0 N–H and O–H groups in total. The summed E-state index contributed by atoms with van der Waals surface area (Å²) in [7, 11) is -0.366. The number of rotatable bonds is 8. The number of carbonyl (C=O) groups is 1. The molecule has 1 saturated heterocycles. The molecule has 1 unspecified atom stereocenters. The molecule has 0 spiro atoms. The molecule has 1 atom stereocenters. The number of thiazole rings is 1. The van der Waals surface area contributed by atoms with Crippen LogP contribution >= 0.6 is 11.3 Å². The molecule has 2 fully saturated rings. The van der Waals surface area contributed by atoms with Crippen LogP contribution in [0.5, 0.6) is 5.75 Å².